The van der Waals surface area contributed by atoms with Crippen molar-refractivity contribution in [3.05, 3.63) is 11.6 Å². The van der Waals surface area contributed by atoms with E-state index in [2.05, 4.69) is 26.8 Å². The van der Waals surface area contributed by atoms with Gasteiger partial charge in [-0.2, -0.15) is 0 Å². The Kier molecular flexibility index (Phi) is 17.4. The Morgan fingerprint density at radius 2 is 1.22 bits per heavy atom. The monoisotopic (exact) mass is 1060 g/mol. The molecule has 31 atom stereocenters. The van der Waals surface area contributed by atoms with Crippen molar-refractivity contribution in [2.75, 3.05) is 26.4 Å². The van der Waals surface area contributed by atoms with E-state index in [1.165, 1.54) is 12.5 Å². The summed E-state index contributed by atoms with van der Waals surface area (Å²) >= 11 is 0. The van der Waals surface area contributed by atoms with Crippen LogP contribution >= 0.6 is 0 Å². The van der Waals surface area contributed by atoms with Crippen molar-refractivity contribution in [1.82, 2.24) is 0 Å². The molecule has 74 heavy (non-hydrogen) atoms. The summed E-state index contributed by atoms with van der Waals surface area (Å²) in [5.41, 5.74) is 1.02. The first-order valence-electron chi connectivity index (χ1n) is 26.9. The van der Waals surface area contributed by atoms with Gasteiger partial charge in [-0.3, -0.25) is 0 Å². The fourth-order valence-corrected chi connectivity index (χ4v) is 15.0. The number of rotatable bonds is 15. The average molecular weight is 1070 g/mol. The van der Waals surface area contributed by atoms with Crippen LogP contribution in [0.1, 0.15) is 92.4 Å². The zero-order chi connectivity index (χ0) is 53.5. The van der Waals surface area contributed by atoms with Crippen LogP contribution in [0.4, 0.5) is 0 Å². The molecule has 5 saturated heterocycles. The number of aliphatic hydroxyl groups excluding tert-OH is 13. The summed E-state index contributed by atoms with van der Waals surface area (Å²) in [4.78, 5) is 0. The lowest BCUT2D eigenvalue weighted by atomic mass is 9.47. The molecule has 5 heterocycles. The molecule has 0 aromatic carbocycles. The van der Waals surface area contributed by atoms with Crippen molar-refractivity contribution < 1.29 is 114 Å². The first kappa shape index (κ1) is 57.5. The minimum atomic E-state index is -1.85. The number of ether oxygens (including phenoxy) is 9. The summed E-state index contributed by atoms with van der Waals surface area (Å²) in [6, 6.07) is 0. The van der Waals surface area contributed by atoms with Gasteiger partial charge in [0.2, 0.25) is 0 Å². The van der Waals surface area contributed by atoms with Crippen LogP contribution in [0.5, 0.6) is 0 Å². The van der Waals surface area contributed by atoms with Crippen LogP contribution in [0.25, 0.3) is 0 Å². The highest BCUT2D eigenvalue weighted by molar-refractivity contribution is 5.26. The second-order valence-electron chi connectivity index (χ2n) is 23.8. The van der Waals surface area contributed by atoms with Crippen molar-refractivity contribution in [3.8, 4) is 0 Å². The maximum atomic E-state index is 12.1. The summed E-state index contributed by atoms with van der Waals surface area (Å²) in [5.74, 6) is -0.310. The van der Waals surface area contributed by atoms with Gasteiger partial charge in [0.05, 0.1) is 44.7 Å². The van der Waals surface area contributed by atoms with Crippen molar-refractivity contribution in [1.29, 1.82) is 0 Å². The lowest BCUT2D eigenvalue weighted by molar-refractivity contribution is -0.389. The van der Waals surface area contributed by atoms with Gasteiger partial charge < -0.3 is 114 Å². The fraction of sp³-hybridized carbons (Fsp3) is 0.961. The molecule has 0 aromatic heterocycles. The van der Waals surface area contributed by atoms with E-state index in [1.54, 1.807) is 0 Å². The number of fused-ring (bicyclic) bond motifs is 7. The second-order valence-corrected chi connectivity index (χ2v) is 23.8. The third-order valence-electron chi connectivity index (χ3n) is 19.5. The molecule has 426 valence electrons. The van der Waals surface area contributed by atoms with Crippen LogP contribution < -0.4 is 0 Å². The molecule has 4 aliphatic carbocycles. The molecule has 5 unspecified atom stereocenters. The maximum absolute atomic E-state index is 12.1. The quantitative estimate of drug-likeness (QED) is 0.0727. The van der Waals surface area contributed by atoms with Crippen LogP contribution in [0.2, 0.25) is 0 Å². The molecule has 8 fully saturated rings. The molecule has 5 aliphatic heterocycles. The number of allylic oxidation sites excluding steroid dienone is 1. The van der Waals surface area contributed by atoms with E-state index < -0.39 is 155 Å². The van der Waals surface area contributed by atoms with Crippen molar-refractivity contribution >= 4 is 0 Å². The standard InChI is InChI=1S/C51H84O23/c1-20(19-66-45-39(61)37(59)34(56)29(16-52)69-45)8-13-51(65)21(2)32-28(74-51)15-27-25-7-6-23-14-24(9-11-49(23,4)26(25)10-12-50(27,32)5)68-48-44(73-46-40(62)36(58)33(55)22(3)67-46)42(64)43(31(18-54)71-48)72-47-41(63)38(60)35(57)30(17-53)70-47/h6,20-22,24-48,52-65H,7-19H2,1-5H3/t20-,21+,22+,24+,25?,26?,27?,28?,29-,30-,31-,32?,33+,34-,35-,36-,37+,38+,39-,40-,41-,42+,43-,44-,45-,46+,47+,48-,49+,50+,51+/m1/s1. The van der Waals surface area contributed by atoms with Crippen molar-refractivity contribution in [2.45, 2.75) is 233 Å². The van der Waals surface area contributed by atoms with E-state index >= 15 is 0 Å². The zero-order valence-electron chi connectivity index (χ0n) is 42.9. The molecule has 0 amide bonds. The first-order valence-corrected chi connectivity index (χ1v) is 26.9. The summed E-state index contributed by atoms with van der Waals surface area (Å²) in [6.45, 7) is 8.35. The van der Waals surface area contributed by atoms with E-state index in [0.29, 0.717) is 43.4 Å². The van der Waals surface area contributed by atoms with Crippen LogP contribution in [0, 0.1) is 46.3 Å². The third kappa shape index (κ3) is 10.2. The van der Waals surface area contributed by atoms with Crippen LogP contribution in [0.15, 0.2) is 11.6 Å². The van der Waals surface area contributed by atoms with Crippen molar-refractivity contribution in [2.24, 2.45) is 46.3 Å². The smallest absolute Gasteiger partial charge is 0.187 e. The molecule has 0 radical (unpaired) electrons. The molecule has 23 heteroatoms. The van der Waals surface area contributed by atoms with Crippen LogP contribution in [0.3, 0.4) is 0 Å². The van der Waals surface area contributed by atoms with E-state index in [-0.39, 0.29) is 41.3 Å². The molecular weight excluding hydrogens is 981 g/mol. The Balaban J connectivity index is 0.849. The Bertz CT molecular complexity index is 1920. The fourth-order valence-electron chi connectivity index (χ4n) is 15.0. The lowest BCUT2D eigenvalue weighted by Crippen LogP contribution is -2.67. The van der Waals surface area contributed by atoms with E-state index in [9.17, 15) is 71.5 Å². The molecule has 9 rings (SSSR count). The summed E-state index contributed by atoms with van der Waals surface area (Å²) in [7, 11) is 0. The van der Waals surface area contributed by atoms with Gasteiger partial charge in [-0.1, -0.05) is 39.3 Å². The van der Waals surface area contributed by atoms with Crippen molar-refractivity contribution in [3.63, 3.8) is 0 Å². The van der Waals surface area contributed by atoms with E-state index in [4.69, 9.17) is 42.6 Å². The predicted octanol–water partition coefficient (Wildman–Crippen LogP) is -3.01. The number of hydrogen-bond donors (Lipinski definition) is 14. The van der Waals surface area contributed by atoms with Crippen LogP contribution in [-0.2, 0) is 42.6 Å². The van der Waals surface area contributed by atoms with E-state index in [1.807, 2.05) is 6.92 Å². The van der Waals surface area contributed by atoms with Gasteiger partial charge in [-0.25, -0.2) is 0 Å². The lowest BCUT2D eigenvalue weighted by Gasteiger charge is -2.58. The number of hydrogen-bond acceptors (Lipinski definition) is 23. The van der Waals surface area contributed by atoms with Gasteiger partial charge in [-0.05, 0) is 98.7 Å². The Morgan fingerprint density at radius 3 is 1.86 bits per heavy atom. The SMILES string of the molecule is C[C@H](CC[C@]1(O)OC2CC3C4CC=C5C[C@@H](O[C@@H]6O[C@H](CO)[C@@H](O[C@@H]7O[C@H](CO)[C@@H](O)[C@H](O)[C@H]7O)[C@H](O)[C@H]6O[C@@H]6O[C@@H](C)[C@H](O)[C@@H](O)[C@H]6O)CC[C@]5(C)C4CC[C@]3(C)C2[C@@H]1C)CO[C@@H]1O[C@H](CO)[C@@H](O)[C@H](O)[C@H]1O. The third-order valence-corrected chi connectivity index (χ3v) is 19.5. The van der Waals surface area contributed by atoms with E-state index in [0.717, 1.165) is 32.1 Å². The molecule has 23 nitrogen and oxygen atoms in total. The highest BCUT2D eigenvalue weighted by Gasteiger charge is 2.68. The topological polar surface area (TPSA) is 366 Å². The highest BCUT2D eigenvalue weighted by Crippen LogP contribution is 2.70. The normalized spacial score (nSPS) is 54.9. The Hall–Kier alpha value is -1.18. The predicted molar refractivity (Wildman–Crippen MR) is 250 cm³/mol. The summed E-state index contributed by atoms with van der Waals surface area (Å²) < 4.78 is 54.4. The average Bonchev–Trinajstić information content (AvgIpc) is 3.82. The summed E-state index contributed by atoms with van der Waals surface area (Å²) in [5, 5.41) is 148. The van der Waals surface area contributed by atoms with Gasteiger partial charge >= 0.3 is 0 Å². The minimum absolute atomic E-state index is 0.0705. The van der Waals surface area contributed by atoms with Gasteiger partial charge in [0.1, 0.15) is 91.6 Å². The molecule has 9 aliphatic rings. The maximum Gasteiger partial charge on any atom is 0.187 e. The number of aliphatic hydroxyl groups is 14. The zero-order valence-corrected chi connectivity index (χ0v) is 42.9. The molecule has 0 aromatic rings. The first-order chi connectivity index (χ1) is 35.0. The highest BCUT2D eigenvalue weighted by atomic mass is 16.8. The molecule has 3 saturated carbocycles. The van der Waals surface area contributed by atoms with Gasteiger partial charge in [-0.15, -0.1) is 0 Å². The molecule has 0 bridgehead atoms. The molecule has 0 spiro atoms. The summed E-state index contributed by atoms with van der Waals surface area (Å²) in [6.07, 6.45) is -22.1. The Morgan fingerprint density at radius 1 is 0.635 bits per heavy atom. The van der Waals surface area contributed by atoms with Gasteiger partial charge in [0.25, 0.3) is 0 Å². The molecular formula is C51H84O23. The molecule has 14 N–H and O–H groups in total. The largest absolute Gasteiger partial charge is 0.394 e. The van der Waals surface area contributed by atoms with Gasteiger partial charge in [0, 0.05) is 12.3 Å². The second kappa shape index (κ2) is 22.4. The van der Waals surface area contributed by atoms with Gasteiger partial charge in [0.15, 0.2) is 30.9 Å². The minimum Gasteiger partial charge on any atom is -0.394 e. The van der Waals surface area contributed by atoms with Crippen LogP contribution in [-0.4, -0.2) is 239 Å². The Labute approximate surface area is 430 Å².